The number of hydrogen-bond donors (Lipinski definition) is 1. The van der Waals surface area contributed by atoms with E-state index >= 15 is 0 Å². The van der Waals surface area contributed by atoms with Gasteiger partial charge in [0.2, 0.25) is 0 Å². The smallest absolute Gasteiger partial charge is 1.00 e. The van der Waals surface area contributed by atoms with Crippen LogP contribution in [0, 0.1) is 0 Å². The number of carboxylic acid groups (broad SMARTS) is 1. The van der Waals surface area contributed by atoms with Gasteiger partial charge in [0.05, 0.1) is 0 Å². The van der Waals surface area contributed by atoms with Crippen LogP contribution in [0.2, 0.25) is 0 Å². The van der Waals surface area contributed by atoms with Crippen molar-refractivity contribution in [3.63, 3.8) is 0 Å². The van der Waals surface area contributed by atoms with Crippen LogP contribution in [0.1, 0.15) is 9.78 Å². The predicted octanol–water partition coefficient (Wildman–Crippen LogP) is -0.0483. The molecule has 0 aromatic heterocycles. The third-order valence-electron chi connectivity index (χ3n) is 0.430. The maximum atomic E-state index is 9.63. The summed E-state index contributed by atoms with van der Waals surface area (Å²) in [6.07, 6.45) is 0. The first-order valence-electron chi connectivity index (χ1n) is 2.07. The van der Waals surface area contributed by atoms with E-state index in [1.165, 1.54) is 0 Å². The number of hydrogen-bond acceptors (Lipinski definition) is 2. The molecular formula is C4H10O3Sr. The molecule has 0 radical (unpaired) electrons. The number of aliphatic carboxylic acids is 1. The molecule has 4 heteroatoms. The van der Waals surface area contributed by atoms with E-state index in [1.54, 1.807) is 6.92 Å². The van der Waals surface area contributed by atoms with Crippen LogP contribution in [0.5, 0.6) is 0 Å². The van der Waals surface area contributed by atoms with Gasteiger partial charge in [0.25, 0.3) is 0 Å². The van der Waals surface area contributed by atoms with Crippen LogP contribution in [0.3, 0.4) is 0 Å². The van der Waals surface area contributed by atoms with Gasteiger partial charge in [-0.1, -0.05) is 0 Å². The molecule has 0 spiro atoms. The Hall–Kier alpha value is 0.911. The summed E-state index contributed by atoms with van der Waals surface area (Å²) in [4.78, 5) is 9.63. The van der Waals surface area contributed by atoms with Crippen molar-refractivity contribution in [1.82, 2.24) is 0 Å². The van der Waals surface area contributed by atoms with Gasteiger partial charge < -0.3 is 12.7 Å². The van der Waals surface area contributed by atoms with Crippen LogP contribution in [-0.4, -0.2) is 69.8 Å². The molecule has 0 saturated heterocycles. The topological polar surface area (TPSA) is 46.5 Å². The molecule has 0 saturated carbocycles. The number of rotatable bonds is 3. The monoisotopic (exact) mass is 194 g/mol. The van der Waals surface area contributed by atoms with Crippen LogP contribution >= 0.6 is 0 Å². The molecule has 1 N–H and O–H groups in total. The second-order valence-corrected chi connectivity index (χ2v) is 1.03. The second kappa shape index (κ2) is 7.91. The molecule has 0 aliphatic heterocycles. The van der Waals surface area contributed by atoms with Crippen molar-refractivity contribution in [2.75, 3.05) is 13.2 Å². The Kier molecular flexibility index (Phi) is 11.5. The molecular weight excluding hydrogens is 184 g/mol. The zero-order valence-corrected chi connectivity index (χ0v) is 8.36. The van der Waals surface area contributed by atoms with E-state index in [0.29, 0.717) is 6.61 Å². The molecule has 0 aromatic rings. The maximum absolute atomic E-state index is 9.63. The van der Waals surface area contributed by atoms with Crippen molar-refractivity contribution < 1.29 is 17.5 Å². The molecule has 46 valence electrons. The summed E-state index contributed by atoms with van der Waals surface area (Å²) in [5, 5.41) is 7.92. The van der Waals surface area contributed by atoms with Gasteiger partial charge in [0.15, 0.2) is 0 Å². The normalized spacial score (nSPS) is 7.62. The SMILES string of the molecule is CCOCC(=O)O.[H-].[H-].[Sr+2]. The first kappa shape index (κ1) is 11.7. The van der Waals surface area contributed by atoms with Crippen molar-refractivity contribution in [1.29, 1.82) is 0 Å². The fourth-order valence-corrected chi connectivity index (χ4v) is 0.189. The van der Waals surface area contributed by atoms with Crippen LogP contribution in [-0.2, 0) is 9.53 Å². The average molecular weight is 194 g/mol. The summed E-state index contributed by atoms with van der Waals surface area (Å²) in [6.45, 7) is 2.03. The second-order valence-electron chi connectivity index (χ2n) is 1.03. The van der Waals surface area contributed by atoms with E-state index in [2.05, 4.69) is 4.74 Å². The van der Waals surface area contributed by atoms with Crippen molar-refractivity contribution in [2.24, 2.45) is 0 Å². The van der Waals surface area contributed by atoms with E-state index in [0.717, 1.165) is 0 Å². The van der Waals surface area contributed by atoms with Gasteiger partial charge in [0, 0.05) is 6.61 Å². The van der Waals surface area contributed by atoms with Gasteiger partial charge in [-0.3, -0.25) is 0 Å². The van der Waals surface area contributed by atoms with Crippen LogP contribution < -0.4 is 0 Å². The Morgan fingerprint density at radius 2 is 2.38 bits per heavy atom. The zero-order valence-electron chi connectivity index (χ0n) is 6.89. The minimum Gasteiger partial charge on any atom is -1.00 e. The fraction of sp³-hybridized carbons (Fsp3) is 0.750. The van der Waals surface area contributed by atoms with E-state index in [9.17, 15) is 4.79 Å². The molecule has 0 aliphatic rings. The van der Waals surface area contributed by atoms with Gasteiger partial charge >= 0.3 is 51.5 Å². The third-order valence-corrected chi connectivity index (χ3v) is 0.430. The van der Waals surface area contributed by atoms with Crippen molar-refractivity contribution in [2.45, 2.75) is 6.92 Å². The summed E-state index contributed by atoms with van der Waals surface area (Å²) < 4.78 is 4.50. The average Bonchev–Trinajstić information content (AvgIpc) is 1.61. The Morgan fingerprint density at radius 3 is 2.50 bits per heavy atom. The summed E-state index contributed by atoms with van der Waals surface area (Å²) >= 11 is 0. The number of carboxylic acids is 1. The van der Waals surface area contributed by atoms with Gasteiger partial charge in [-0.05, 0) is 6.92 Å². The molecule has 0 aliphatic carbocycles. The van der Waals surface area contributed by atoms with Gasteiger partial charge in [-0.2, -0.15) is 0 Å². The molecule has 0 heterocycles. The zero-order chi connectivity index (χ0) is 5.70. The first-order chi connectivity index (χ1) is 3.27. The molecule has 0 bridgehead atoms. The molecule has 3 nitrogen and oxygen atoms in total. The van der Waals surface area contributed by atoms with E-state index in [1.807, 2.05) is 0 Å². The quantitative estimate of drug-likeness (QED) is 0.640. The van der Waals surface area contributed by atoms with Crippen LogP contribution in [0.15, 0.2) is 0 Å². The number of carbonyl (C=O) groups is 1. The first-order valence-corrected chi connectivity index (χ1v) is 2.07. The van der Waals surface area contributed by atoms with E-state index in [4.69, 9.17) is 5.11 Å². The standard InChI is InChI=1S/C4H8O3.Sr.2H/c1-2-7-3-4(5)6;;;/h2-3H2,1H3,(H,5,6);;;/q;+2;2*-1. The van der Waals surface area contributed by atoms with Crippen molar-refractivity contribution >= 4 is 51.5 Å². The Morgan fingerprint density at radius 1 is 1.88 bits per heavy atom. The fourth-order valence-electron chi connectivity index (χ4n) is 0.189. The molecule has 0 unspecified atom stereocenters. The third kappa shape index (κ3) is 10.0. The molecule has 0 fully saturated rings. The summed E-state index contributed by atoms with van der Waals surface area (Å²) in [6, 6.07) is 0. The Bertz CT molecular complexity index is 71.5. The molecule has 0 aromatic carbocycles. The predicted molar refractivity (Wildman–Crippen MR) is 32.1 cm³/mol. The minimum atomic E-state index is -0.915. The maximum Gasteiger partial charge on any atom is 2.00 e. The van der Waals surface area contributed by atoms with E-state index in [-0.39, 0.29) is 54.9 Å². The van der Waals surface area contributed by atoms with Gasteiger partial charge in [-0.25, -0.2) is 4.79 Å². The molecule has 8 heavy (non-hydrogen) atoms. The van der Waals surface area contributed by atoms with Crippen LogP contribution in [0.25, 0.3) is 0 Å². The molecule has 0 amide bonds. The Balaban J connectivity index is -0.0000000600. The van der Waals surface area contributed by atoms with Gasteiger partial charge in [0.1, 0.15) is 6.61 Å². The van der Waals surface area contributed by atoms with E-state index < -0.39 is 5.97 Å². The molecule has 0 rings (SSSR count). The molecule has 0 atom stereocenters. The summed E-state index contributed by atoms with van der Waals surface area (Å²) in [5.74, 6) is -0.915. The van der Waals surface area contributed by atoms with Crippen LogP contribution in [0.4, 0.5) is 0 Å². The number of ether oxygens (including phenoxy) is 1. The van der Waals surface area contributed by atoms with Crippen molar-refractivity contribution in [3.8, 4) is 0 Å². The minimum absolute atomic E-state index is 0. The summed E-state index contributed by atoms with van der Waals surface area (Å²) in [5.41, 5.74) is 0. The van der Waals surface area contributed by atoms with Gasteiger partial charge in [-0.15, -0.1) is 0 Å². The summed E-state index contributed by atoms with van der Waals surface area (Å²) in [7, 11) is 0. The van der Waals surface area contributed by atoms with Crippen molar-refractivity contribution in [3.05, 3.63) is 0 Å². The largest absolute Gasteiger partial charge is 2.00 e. The Labute approximate surface area is 88.3 Å².